The Kier molecular flexibility index (Phi) is 6.25. The number of hydrogen-bond donors (Lipinski definition) is 1. The first kappa shape index (κ1) is 21.6. The SMILES string of the molecule is O=C(Oc1ccccc1Cl)c1ccc(NC2=C(Cl)C(=O)N(Cc3ccccc3)C2=O)cc1. The van der Waals surface area contributed by atoms with Gasteiger partial charge in [-0.3, -0.25) is 14.5 Å². The molecule has 1 aliphatic heterocycles. The van der Waals surface area contributed by atoms with Gasteiger partial charge in [0.2, 0.25) is 0 Å². The summed E-state index contributed by atoms with van der Waals surface area (Å²) in [7, 11) is 0. The van der Waals surface area contributed by atoms with E-state index in [1.807, 2.05) is 30.3 Å². The van der Waals surface area contributed by atoms with Gasteiger partial charge in [0.1, 0.15) is 16.5 Å². The van der Waals surface area contributed by atoms with Crippen LogP contribution in [0, 0.1) is 0 Å². The normalized spacial score (nSPS) is 13.5. The standard InChI is InChI=1S/C24H16Cl2N2O4/c25-18-8-4-5-9-19(18)32-24(31)16-10-12-17(13-11-16)27-21-20(26)22(29)28(23(21)30)14-15-6-2-1-3-7-15/h1-13,27H,14H2. The number of benzene rings is 3. The molecule has 1 aliphatic rings. The Balaban J connectivity index is 1.45. The van der Waals surface area contributed by atoms with Crippen molar-refractivity contribution in [1.29, 1.82) is 0 Å². The first-order chi connectivity index (χ1) is 15.4. The highest BCUT2D eigenvalue weighted by Gasteiger charge is 2.37. The third kappa shape index (κ3) is 4.51. The highest BCUT2D eigenvalue weighted by molar-refractivity contribution is 6.48. The lowest BCUT2D eigenvalue weighted by Crippen LogP contribution is -2.31. The Hall–Kier alpha value is -3.61. The molecule has 2 amide bonds. The molecule has 3 aromatic carbocycles. The number of imide groups is 1. The predicted molar refractivity (Wildman–Crippen MR) is 121 cm³/mol. The zero-order chi connectivity index (χ0) is 22.7. The second-order valence-corrected chi connectivity index (χ2v) is 7.68. The summed E-state index contributed by atoms with van der Waals surface area (Å²) in [5.41, 5.74) is 1.56. The van der Waals surface area contributed by atoms with Gasteiger partial charge in [0.25, 0.3) is 11.8 Å². The monoisotopic (exact) mass is 466 g/mol. The van der Waals surface area contributed by atoms with E-state index in [9.17, 15) is 14.4 Å². The third-order valence-corrected chi connectivity index (χ3v) is 5.39. The zero-order valence-electron chi connectivity index (χ0n) is 16.5. The lowest BCUT2D eigenvalue weighted by Gasteiger charge is -2.15. The van der Waals surface area contributed by atoms with Crippen molar-refractivity contribution >= 4 is 46.7 Å². The van der Waals surface area contributed by atoms with Crippen LogP contribution in [0.15, 0.2) is 89.6 Å². The van der Waals surface area contributed by atoms with Crippen LogP contribution in [-0.4, -0.2) is 22.7 Å². The number of amides is 2. The van der Waals surface area contributed by atoms with Gasteiger partial charge in [0.05, 0.1) is 17.1 Å². The number of nitrogens with zero attached hydrogens (tertiary/aromatic N) is 1. The summed E-state index contributed by atoms with van der Waals surface area (Å²) in [5.74, 6) is -1.41. The minimum atomic E-state index is -0.581. The van der Waals surface area contributed by atoms with Gasteiger partial charge in [0.15, 0.2) is 0 Å². The minimum absolute atomic E-state index is 0.0148. The molecule has 160 valence electrons. The number of hydrogen-bond acceptors (Lipinski definition) is 5. The Morgan fingerprint density at radius 3 is 2.19 bits per heavy atom. The molecule has 6 nitrogen and oxygen atoms in total. The zero-order valence-corrected chi connectivity index (χ0v) is 18.1. The molecule has 0 atom stereocenters. The number of rotatable bonds is 6. The van der Waals surface area contributed by atoms with Crippen molar-refractivity contribution in [2.24, 2.45) is 0 Å². The molecular weight excluding hydrogens is 451 g/mol. The lowest BCUT2D eigenvalue weighted by molar-refractivity contribution is -0.138. The molecule has 0 saturated heterocycles. The van der Waals surface area contributed by atoms with Crippen LogP contribution < -0.4 is 10.1 Å². The highest BCUT2D eigenvalue weighted by atomic mass is 35.5. The van der Waals surface area contributed by atoms with Gasteiger partial charge in [-0.15, -0.1) is 0 Å². The van der Waals surface area contributed by atoms with Gasteiger partial charge in [-0.05, 0) is 42.0 Å². The molecule has 0 radical (unpaired) electrons. The summed E-state index contributed by atoms with van der Waals surface area (Å²) in [6.07, 6.45) is 0. The molecule has 0 fully saturated rings. The van der Waals surface area contributed by atoms with Crippen molar-refractivity contribution in [3.8, 4) is 5.75 Å². The van der Waals surface area contributed by atoms with Crippen molar-refractivity contribution in [3.63, 3.8) is 0 Å². The van der Waals surface area contributed by atoms with Crippen LogP contribution in [-0.2, 0) is 16.1 Å². The van der Waals surface area contributed by atoms with Crippen molar-refractivity contribution < 1.29 is 19.1 Å². The van der Waals surface area contributed by atoms with Gasteiger partial charge in [-0.2, -0.15) is 0 Å². The number of ether oxygens (including phenoxy) is 1. The molecule has 0 bridgehead atoms. The summed E-state index contributed by atoms with van der Waals surface area (Å²) in [6, 6.07) is 22.0. The van der Waals surface area contributed by atoms with Crippen LogP contribution in [0.5, 0.6) is 5.75 Å². The van der Waals surface area contributed by atoms with Gasteiger partial charge < -0.3 is 10.1 Å². The minimum Gasteiger partial charge on any atom is -0.421 e. The van der Waals surface area contributed by atoms with Gasteiger partial charge in [-0.25, -0.2) is 4.79 Å². The fraction of sp³-hybridized carbons (Fsp3) is 0.0417. The number of para-hydroxylation sites is 1. The Bertz CT molecular complexity index is 1220. The van der Waals surface area contributed by atoms with E-state index < -0.39 is 17.8 Å². The second kappa shape index (κ2) is 9.26. The van der Waals surface area contributed by atoms with Crippen molar-refractivity contribution in [2.45, 2.75) is 6.54 Å². The first-order valence-corrected chi connectivity index (χ1v) is 10.3. The van der Waals surface area contributed by atoms with E-state index in [0.717, 1.165) is 10.5 Å². The number of nitrogens with one attached hydrogen (secondary N) is 1. The van der Waals surface area contributed by atoms with Gasteiger partial charge in [-0.1, -0.05) is 65.7 Å². The van der Waals surface area contributed by atoms with Crippen molar-refractivity contribution in [1.82, 2.24) is 4.90 Å². The van der Waals surface area contributed by atoms with E-state index in [1.54, 1.807) is 36.4 Å². The van der Waals surface area contributed by atoms with Crippen LogP contribution in [0.3, 0.4) is 0 Å². The van der Waals surface area contributed by atoms with Crippen molar-refractivity contribution in [2.75, 3.05) is 5.32 Å². The Morgan fingerprint density at radius 2 is 1.50 bits per heavy atom. The number of carbonyl (C=O) groups is 3. The number of anilines is 1. The molecule has 0 aromatic heterocycles. The fourth-order valence-electron chi connectivity index (χ4n) is 3.08. The number of esters is 1. The molecule has 0 saturated carbocycles. The maximum Gasteiger partial charge on any atom is 0.343 e. The molecule has 8 heteroatoms. The van der Waals surface area contributed by atoms with Crippen LogP contribution in [0.1, 0.15) is 15.9 Å². The molecule has 32 heavy (non-hydrogen) atoms. The lowest BCUT2D eigenvalue weighted by atomic mass is 10.2. The molecular formula is C24H16Cl2N2O4. The van der Waals surface area contributed by atoms with Crippen molar-refractivity contribution in [3.05, 3.63) is 106 Å². The van der Waals surface area contributed by atoms with Crippen LogP contribution in [0.2, 0.25) is 5.02 Å². The number of carbonyl (C=O) groups excluding carboxylic acids is 3. The summed E-state index contributed by atoms with van der Waals surface area (Å²) in [4.78, 5) is 38.7. The third-order valence-electron chi connectivity index (χ3n) is 4.72. The summed E-state index contributed by atoms with van der Waals surface area (Å²) < 4.78 is 5.30. The maximum atomic E-state index is 12.8. The van der Waals surface area contributed by atoms with Crippen LogP contribution in [0.25, 0.3) is 0 Å². The molecule has 3 aromatic rings. The first-order valence-electron chi connectivity index (χ1n) is 9.57. The van der Waals surface area contributed by atoms with E-state index in [-0.39, 0.29) is 28.6 Å². The fourth-order valence-corrected chi connectivity index (χ4v) is 3.49. The molecule has 4 rings (SSSR count). The molecule has 0 unspecified atom stereocenters. The van der Waals surface area contributed by atoms with Gasteiger partial charge in [0, 0.05) is 5.69 Å². The summed E-state index contributed by atoms with van der Waals surface area (Å²) >= 11 is 12.1. The average Bonchev–Trinajstić information content (AvgIpc) is 3.00. The van der Waals surface area contributed by atoms with E-state index >= 15 is 0 Å². The topological polar surface area (TPSA) is 75.7 Å². The van der Waals surface area contributed by atoms with E-state index in [0.29, 0.717) is 10.7 Å². The Labute approximate surface area is 194 Å². The smallest absolute Gasteiger partial charge is 0.343 e. The number of halogens is 2. The average molecular weight is 467 g/mol. The molecule has 1 N–H and O–H groups in total. The van der Waals surface area contributed by atoms with E-state index in [1.165, 1.54) is 12.1 Å². The predicted octanol–water partition coefficient (Wildman–Crippen LogP) is 4.99. The Morgan fingerprint density at radius 1 is 0.844 bits per heavy atom. The molecule has 0 spiro atoms. The van der Waals surface area contributed by atoms with Crippen LogP contribution >= 0.6 is 23.2 Å². The second-order valence-electron chi connectivity index (χ2n) is 6.89. The largest absolute Gasteiger partial charge is 0.421 e. The molecule has 0 aliphatic carbocycles. The highest BCUT2D eigenvalue weighted by Crippen LogP contribution is 2.28. The molecule has 1 heterocycles. The summed E-state index contributed by atoms with van der Waals surface area (Å²) in [5, 5.41) is 3.01. The van der Waals surface area contributed by atoms with Gasteiger partial charge >= 0.3 is 5.97 Å². The summed E-state index contributed by atoms with van der Waals surface area (Å²) in [6.45, 7) is 0.118. The van der Waals surface area contributed by atoms with E-state index in [2.05, 4.69) is 5.32 Å². The van der Waals surface area contributed by atoms with Crippen LogP contribution in [0.4, 0.5) is 5.69 Å². The quantitative estimate of drug-likeness (QED) is 0.314. The van der Waals surface area contributed by atoms with E-state index in [4.69, 9.17) is 27.9 Å². The maximum absolute atomic E-state index is 12.8.